The van der Waals surface area contributed by atoms with Gasteiger partial charge in [0, 0.05) is 48.5 Å². The van der Waals surface area contributed by atoms with E-state index in [0.717, 1.165) is 39.0 Å². The summed E-state index contributed by atoms with van der Waals surface area (Å²) in [6.45, 7) is 4.54. The van der Waals surface area contributed by atoms with E-state index in [-0.39, 0.29) is 18.4 Å². The summed E-state index contributed by atoms with van der Waals surface area (Å²) in [5.74, 6) is -0.971. The zero-order valence-corrected chi connectivity index (χ0v) is 20.0. The number of anilines is 1. The molecule has 0 saturated heterocycles. The standard InChI is InChI=1S/C26H23ClN6O2/c1-14-7-23(28)32-15(2)19(14)11-31-25(34)20-13-33(22-5-6-29-26(35)24(20)22)12-16-3-4-21-17(8-16)9-18(27)10-30-21/h3-10,13,24H,11-12H2,1-2H3,(H2,28,32)(H,31,34). The summed E-state index contributed by atoms with van der Waals surface area (Å²) in [5.41, 5.74) is 11.3. The van der Waals surface area contributed by atoms with Gasteiger partial charge in [-0.3, -0.25) is 14.6 Å². The highest BCUT2D eigenvalue weighted by molar-refractivity contribution is 6.31. The Morgan fingerprint density at radius 2 is 2.06 bits per heavy atom. The fourth-order valence-electron chi connectivity index (χ4n) is 4.56. The molecule has 3 aromatic rings. The summed E-state index contributed by atoms with van der Waals surface area (Å²) in [6, 6.07) is 9.55. The molecule has 9 heteroatoms. The number of nitrogens with one attached hydrogen (secondary N) is 1. The van der Waals surface area contributed by atoms with Gasteiger partial charge < -0.3 is 16.0 Å². The van der Waals surface area contributed by atoms with Crippen LogP contribution >= 0.6 is 11.6 Å². The third-order valence-electron chi connectivity index (χ3n) is 6.25. The molecule has 1 unspecified atom stereocenters. The van der Waals surface area contributed by atoms with E-state index in [0.29, 0.717) is 23.0 Å². The second kappa shape index (κ2) is 8.96. The second-order valence-electron chi connectivity index (χ2n) is 8.64. The SMILES string of the molecule is Cc1cc(N)nc(C)c1CNC(=O)C1=CN(Cc2ccc3ncc(Cl)cc3c2)C2=CC=NC(=O)C12. The maximum absolute atomic E-state index is 13.2. The van der Waals surface area contributed by atoms with Crippen molar-refractivity contribution in [3.63, 3.8) is 0 Å². The smallest absolute Gasteiger partial charge is 0.259 e. The lowest BCUT2D eigenvalue weighted by Crippen LogP contribution is -2.31. The van der Waals surface area contributed by atoms with Gasteiger partial charge in [-0.15, -0.1) is 0 Å². The fourth-order valence-corrected chi connectivity index (χ4v) is 4.72. The van der Waals surface area contributed by atoms with Crippen LogP contribution in [-0.4, -0.2) is 32.9 Å². The van der Waals surface area contributed by atoms with Gasteiger partial charge in [0.25, 0.3) is 5.91 Å². The number of nitrogen functional groups attached to an aromatic ring is 1. The summed E-state index contributed by atoms with van der Waals surface area (Å²) in [7, 11) is 0. The molecular formula is C26H23ClN6O2. The number of nitrogens with two attached hydrogens (primary N) is 1. The van der Waals surface area contributed by atoms with E-state index >= 15 is 0 Å². The van der Waals surface area contributed by atoms with E-state index in [9.17, 15) is 9.59 Å². The van der Waals surface area contributed by atoms with Crippen molar-refractivity contribution in [3.05, 3.63) is 87.5 Å². The van der Waals surface area contributed by atoms with Gasteiger partial charge in [-0.05, 0) is 60.9 Å². The van der Waals surface area contributed by atoms with Crippen LogP contribution in [0.15, 0.2) is 65.1 Å². The topological polar surface area (TPSA) is 114 Å². The van der Waals surface area contributed by atoms with Crippen molar-refractivity contribution in [1.29, 1.82) is 0 Å². The molecule has 2 amide bonds. The Labute approximate surface area is 207 Å². The minimum Gasteiger partial charge on any atom is -0.384 e. The molecule has 0 spiro atoms. The van der Waals surface area contributed by atoms with Gasteiger partial charge in [-0.1, -0.05) is 17.7 Å². The third-order valence-corrected chi connectivity index (χ3v) is 6.46. The fraction of sp³-hybridized carbons (Fsp3) is 0.192. The zero-order valence-electron chi connectivity index (χ0n) is 19.2. The largest absolute Gasteiger partial charge is 0.384 e. The number of carbonyl (C=O) groups is 2. The molecule has 0 bridgehead atoms. The number of hydrogen-bond donors (Lipinski definition) is 2. The minimum absolute atomic E-state index is 0.281. The highest BCUT2D eigenvalue weighted by Gasteiger charge is 2.39. The maximum Gasteiger partial charge on any atom is 0.259 e. The number of allylic oxidation sites excluding steroid dienone is 1. The van der Waals surface area contributed by atoms with Gasteiger partial charge in [0.2, 0.25) is 5.91 Å². The molecule has 3 N–H and O–H groups in total. The first-order chi connectivity index (χ1) is 16.8. The molecule has 0 saturated carbocycles. The Morgan fingerprint density at radius 3 is 2.86 bits per heavy atom. The van der Waals surface area contributed by atoms with E-state index in [2.05, 4.69) is 20.3 Å². The average Bonchev–Trinajstić information content (AvgIpc) is 3.17. The number of aromatic nitrogens is 2. The summed E-state index contributed by atoms with van der Waals surface area (Å²) < 4.78 is 0. The summed E-state index contributed by atoms with van der Waals surface area (Å²) in [5, 5.41) is 4.43. The molecule has 176 valence electrons. The van der Waals surface area contributed by atoms with E-state index in [1.807, 2.05) is 43.0 Å². The molecule has 35 heavy (non-hydrogen) atoms. The molecule has 5 rings (SSSR count). The number of nitrogens with zero attached hydrogens (tertiary/aromatic N) is 4. The number of pyridine rings is 2. The van der Waals surface area contributed by atoms with Crippen molar-refractivity contribution < 1.29 is 9.59 Å². The molecule has 1 atom stereocenters. The number of aryl methyl sites for hydroxylation is 2. The first kappa shape index (κ1) is 22.7. The van der Waals surface area contributed by atoms with Gasteiger partial charge >= 0.3 is 0 Å². The predicted molar refractivity (Wildman–Crippen MR) is 135 cm³/mol. The molecule has 2 aliphatic heterocycles. The number of amides is 2. The normalized spacial score (nSPS) is 16.8. The van der Waals surface area contributed by atoms with Crippen molar-refractivity contribution in [2.45, 2.75) is 26.9 Å². The molecule has 0 aliphatic carbocycles. The van der Waals surface area contributed by atoms with Crippen LogP contribution in [0.2, 0.25) is 5.02 Å². The lowest BCUT2D eigenvalue weighted by Gasteiger charge is -2.22. The molecular weight excluding hydrogens is 464 g/mol. The number of benzene rings is 1. The number of rotatable bonds is 5. The molecule has 2 aliphatic rings. The van der Waals surface area contributed by atoms with Gasteiger partial charge in [-0.2, -0.15) is 0 Å². The summed E-state index contributed by atoms with van der Waals surface area (Å²) in [4.78, 5) is 40.4. The maximum atomic E-state index is 13.2. The quantitative estimate of drug-likeness (QED) is 0.569. The van der Waals surface area contributed by atoms with E-state index < -0.39 is 5.92 Å². The van der Waals surface area contributed by atoms with Crippen LogP contribution in [0.4, 0.5) is 5.82 Å². The lowest BCUT2D eigenvalue weighted by atomic mass is 9.95. The van der Waals surface area contributed by atoms with Crippen molar-refractivity contribution in [2.75, 3.05) is 5.73 Å². The van der Waals surface area contributed by atoms with E-state index in [1.54, 1.807) is 24.5 Å². The van der Waals surface area contributed by atoms with Gasteiger partial charge in [0.15, 0.2) is 0 Å². The molecule has 4 heterocycles. The zero-order chi connectivity index (χ0) is 24.7. The number of aliphatic imine (C=N–C) groups is 1. The Balaban J connectivity index is 1.40. The molecule has 0 fully saturated rings. The van der Waals surface area contributed by atoms with Crippen molar-refractivity contribution >= 4 is 46.4 Å². The Kier molecular flexibility index (Phi) is 5.82. The predicted octanol–water partition coefficient (Wildman–Crippen LogP) is 3.61. The first-order valence-corrected chi connectivity index (χ1v) is 11.5. The number of carbonyl (C=O) groups excluding carboxylic acids is 2. The van der Waals surface area contributed by atoms with Crippen molar-refractivity contribution in [1.82, 2.24) is 20.2 Å². The summed E-state index contributed by atoms with van der Waals surface area (Å²) >= 11 is 6.11. The Bertz CT molecular complexity index is 1450. The highest BCUT2D eigenvalue weighted by atomic mass is 35.5. The number of hydrogen-bond acceptors (Lipinski definition) is 6. The summed E-state index contributed by atoms with van der Waals surface area (Å²) in [6.07, 6.45) is 6.61. The number of halogens is 1. The van der Waals surface area contributed by atoms with Crippen LogP contribution in [0, 0.1) is 19.8 Å². The van der Waals surface area contributed by atoms with Crippen molar-refractivity contribution in [2.24, 2.45) is 10.9 Å². The van der Waals surface area contributed by atoms with Crippen LogP contribution < -0.4 is 11.1 Å². The lowest BCUT2D eigenvalue weighted by molar-refractivity contribution is -0.123. The molecule has 1 aromatic carbocycles. The average molecular weight is 487 g/mol. The minimum atomic E-state index is -0.733. The molecule has 2 aromatic heterocycles. The van der Waals surface area contributed by atoms with E-state index in [1.165, 1.54) is 6.21 Å². The van der Waals surface area contributed by atoms with E-state index in [4.69, 9.17) is 17.3 Å². The van der Waals surface area contributed by atoms with Crippen LogP contribution in [0.3, 0.4) is 0 Å². The van der Waals surface area contributed by atoms with Crippen LogP contribution in [0.1, 0.15) is 22.4 Å². The second-order valence-corrected chi connectivity index (χ2v) is 9.08. The Hall–Kier alpha value is -4.04. The van der Waals surface area contributed by atoms with Gasteiger partial charge in [-0.25, -0.2) is 9.98 Å². The number of fused-ring (bicyclic) bond motifs is 2. The van der Waals surface area contributed by atoms with Crippen LogP contribution in [-0.2, 0) is 22.7 Å². The van der Waals surface area contributed by atoms with Gasteiger partial charge in [0.05, 0.1) is 16.1 Å². The van der Waals surface area contributed by atoms with Crippen LogP contribution in [0.5, 0.6) is 0 Å². The molecule has 0 radical (unpaired) electrons. The van der Waals surface area contributed by atoms with Gasteiger partial charge in [0.1, 0.15) is 11.7 Å². The first-order valence-electron chi connectivity index (χ1n) is 11.1. The third kappa shape index (κ3) is 4.40. The Morgan fingerprint density at radius 1 is 1.23 bits per heavy atom. The highest BCUT2D eigenvalue weighted by Crippen LogP contribution is 2.36. The van der Waals surface area contributed by atoms with Crippen LogP contribution in [0.25, 0.3) is 10.9 Å². The molecule has 8 nitrogen and oxygen atoms in total. The number of dihydropyridines is 1. The monoisotopic (exact) mass is 486 g/mol. The van der Waals surface area contributed by atoms with Crippen molar-refractivity contribution in [3.8, 4) is 0 Å².